The second-order valence-corrected chi connectivity index (χ2v) is 6.21. The lowest BCUT2D eigenvalue weighted by Gasteiger charge is -2.11. The van der Waals surface area contributed by atoms with Gasteiger partial charge in [0.05, 0.1) is 18.3 Å². The van der Waals surface area contributed by atoms with E-state index in [-0.39, 0.29) is 18.0 Å². The fourth-order valence-electron chi connectivity index (χ4n) is 2.37. The molecule has 1 amide bonds. The van der Waals surface area contributed by atoms with Crippen molar-refractivity contribution in [1.82, 2.24) is 0 Å². The number of anilines is 2. The topological polar surface area (TPSA) is 76.7 Å². The Labute approximate surface area is 159 Å². The van der Waals surface area contributed by atoms with Gasteiger partial charge in [0.1, 0.15) is 5.75 Å². The number of amides is 1. The van der Waals surface area contributed by atoms with Crippen molar-refractivity contribution in [3.05, 3.63) is 54.1 Å². The fourth-order valence-corrected chi connectivity index (χ4v) is 2.37. The summed E-state index contributed by atoms with van der Waals surface area (Å²) in [5, 5.41) is 6.01. The van der Waals surface area contributed by atoms with Crippen molar-refractivity contribution >= 4 is 23.3 Å². The van der Waals surface area contributed by atoms with E-state index in [0.717, 1.165) is 17.1 Å². The third-order valence-electron chi connectivity index (χ3n) is 3.59. The molecule has 0 unspecified atom stereocenters. The number of carbonyl (C=O) groups is 2. The molecule has 0 heterocycles. The summed E-state index contributed by atoms with van der Waals surface area (Å²) in [5.74, 6) is 0.354. The fraction of sp³-hybridized carbons (Fsp3) is 0.333. The van der Waals surface area contributed by atoms with Gasteiger partial charge in [-0.1, -0.05) is 0 Å². The summed E-state index contributed by atoms with van der Waals surface area (Å²) < 4.78 is 10.5. The van der Waals surface area contributed by atoms with Crippen LogP contribution in [-0.2, 0) is 9.53 Å². The van der Waals surface area contributed by atoms with Gasteiger partial charge >= 0.3 is 5.97 Å². The van der Waals surface area contributed by atoms with Gasteiger partial charge < -0.3 is 20.1 Å². The molecule has 0 aromatic heterocycles. The lowest BCUT2D eigenvalue weighted by atomic mass is 10.2. The summed E-state index contributed by atoms with van der Waals surface area (Å²) in [6.07, 6.45) is 0.437. The van der Waals surface area contributed by atoms with Gasteiger partial charge in [-0.3, -0.25) is 4.79 Å². The van der Waals surface area contributed by atoms with Gasteiger partial charge in [-0.2, -0.15) is 0 Å². The van der Waals surface area contributed by atoms with Crippen LogP contribution in [0.2, 0.25) is 0 Å². The van der Waals surface area contributed by atoms with Gasteiger partial charge in [-0.15, -0.1) is 0 Å². The van der Waals surface area contributed by atoms with Gasteiger partial charge in [0.15, 0.2) is 0 Å². The summed E-state index contributed by atoms with van der Waals surface area (Å²) in [6, 6.07) is 14.3. The van der Waals surface area contributed by atoms with Crippen LogP contribution < -0.4 is 15.4 Å². The number of nitrogens with one attached hydrogen (secondary N) is 2. The Morgan fingerprint density at radius 2 is 1.59 bits per heavy atom. The lowest BCUT2D eigenvalue weighted by molar-refractivity contribution is -0.115. The number of hydrogen-bond acceptors (Lipinski definition) is 5. The molecule has 2 N–H and O–H groups in total. The molecule has 0 atom stereocenters. The van der Waals surface area contributed by atoms with Gasteiger partial charge in [-0.25, -0.2) is 4.79 Å². The first kappa shape index (κ1) is 20.3. The summed E-state index contributed by atoms with van der Waals surface area (Å²) >= 11 is 0. The normalized spacial score (nSPS) is 10.4. The Kier molecular flexibility index (Phi) is 7.67. The predicted molar refractivity (Wildman–Crippen MR) is 106 cm³/mol. The first-order chi connectivity index (χ1) is 13.0. The monoisotopic (exact) mass is 370 g/mol. The van der Waals surface area contributed by atoms with E-state index in [9.17, 15) is 9.59 Å². The molecule has 0 aliphatic heterocycles. The number of ether oxygens (including phenoxy) is 2. The number of rotatable bonds is 9. The quantitative estimate of drug-likeness (QED) is 0.650. The molecule has 0 saturated heterocycles. The van der Waals surface area contributed by atoms with Gasteiger partial charge in [-0.05, 0) is 69.3 Å². The minimum Gasteiger partial charge on any atom is -0.491 e. The van der Waals surface area contributed by atoms with E-state index in [4.69, 9.17) is 9.47 Å². The highest BCUT2D eigenvalue weighted by Crippen LogP contribution is 2.17. The van der Waals surface area contributed by atoms with Gasteiger partial charge in [0.25, 0.3) is 0 Å². The zero-order chi connectivity index (χ0) is 19.6. The molecule has 0 saturated carbocycles. The molecule has 0 radical (unpaired) electrons. The zero-order valence-electron chi connectivity index (χ0n) is 16.0. The van der Waals surface area contributed by atoms with E-state index < -0.39 is 0 Å². The first-order valence-electron chi connectivity index (χ1n) is 9.05. The molecule has 144 valence electrons. The Hall–Kier alpha value is -3.02. The molecular weight excluding hydrogens is 344 g/mol. The first-order valence-corrected chi connectivity index (χ1v) is 9.05. The van der Waals surface area contributed by atoms with Crippen LogP contribution in [0, 0.1) is 0 Å². The van der Waals surface area contributed by atoms with Crippen LogP contribution in [0.1, 0.15) is 37.6 Å². The third kappa shape index (κ3) is 7.01. The summed E-state index contributed by atoms with van der Waals surface area (Å²) in [5.41, 5.74) is 2.07. The van der Waals surface area contributed by atoms with Gasteiger partial charge in [0.2, 0.25) is 5.91 Å². The van der Waals surface area contributed by atoms with E-state index in [2.05, 4.69) is 10.6 Å². The van der Waals surface area contributed by atoms with Crippen LogP contribution in [0.3, 0.4) is 0 Å². The molecular formula is C21H26N2O4. The molecule has 6 nitrogen and oxygen atoms in total. The van der Waals surface area contributed by atoms with Crippen molar-refractivity contribution in [3.8, 4) is 5.75 Å². The molecule has 27 heavy (non-hydrogen) atoms. The average Bonchev–Trinajstić information content (AvgIpc) is 2.64. The van der Waals surface area contributed by atoms with Crippen molar-refractivity contribution < 1.29 is 19.1 Å². The molecule has 2 rings (SSSR count). The molecule has 2 aromatic rings. The molecule has 2 aromatic carbocycles. The zero-order valence-corrected chi connectivity index (χ0v) is 16.0. The molecule has 6 heteroatoms. The van der Waals surface area contributed by atoms with E-state index in [1.54, 1.807) is 31.2 Å². The maximum Gasteiger partial charge on any atom is 0.338 e. The Balaban J connectivity index is 1.75. The molecule has 0 aliphatic rings. The van der Waals surface area contributed by atoms with Crippen molar-refractivity contribution in [1.29, 1.82) is 0 Å². The van der Waals surface area contributed by atoms with Crippen molar-refractivity contribution in [2.24, 2.45) is 0 Å². The minimum absolute atomic E-state index is 0.0804. The maximum absolute atomic E-state index is 12.0. The van der Waals surface area contributed by atoms with Crippen LogP contribution in [0.15, 0.2) is 48.5 Å². The highest BCUT2D eigenvalue weighted by atomic mass is 16.5. The SMILES string of the molecule is CCOC(=O)c1ccc(NCCC(=O)Nc2ccc(OC(C)C)cc2)cc1. The van der Waals surface area contributed by atoms with E-state index in [1.807, 2.05) is 38.1 Å². The standard InChI is InChI=1S/C21H26N2O4/c1-4-26-21(25)16-5-7-17(8-6-16)22-14-13-20(24)23-18-9-11-19(12-10-18)27-15(2)3/h5-12,15,22H,4,13-14H2,1-3H3,(H,23,24). The predicted octanol–water partition coefficient (Wildman–Crippen LogP) is 4.09. The highest BCUT2D eigenvalue weighted by molar-refractivity contribution is 5.91. The van der Waals surface area contributed by atoms with E-state index in [1.165, 1.54) is 0 Å². The largest absolute Gasteiger partial charge is 0.491 e. The number of carbonyl (C=O) groups excluding carboxylic acids is 2. The molecule has 0 fully saturated rings. The molecule has 0 bridgehead atoms. The lowest BCUT2D eigenvalue weighted by Crippen LogP contribution is -2.16. The van der Waals surface area contributed by atoms with Crippen LogP contribution in [0.4, 0.5) is 11.4 Å². The van der Waals surface area contributed by atoms with E-state index >= 15 is 0 Å². The Bertz CT molecular complexity index is 740. The van der Waals surface area contributed by atoms with Crippen molar-refractivity contribution in [2.75, 3.05) is 23.8 Å². The summed E-state index contributed by atoms with van der Waals surface area (Å²) in [6.45, 7) is 6.54. The second-order valence-electron chi connectivity index (χ2n) is 6.21. The smallest absolute Gasteiger partial charge is 0.338 e. The minimum atomic E-state index is -0.340. The Morgan fingerprint density at radius 1 is 0.963 bits per heavy atom. The highest BCUT2D eigenvalue weighted by Gasteiger charge is 2.06. The number of esters is 1. The van der Waals surface area contributed by atoms with Crippen LogP contribution in [-0.4, -0.2) is 31.1 Å². The molecule has 0 aliphatic carbocycles. The third-order valence-corrected chi connectivity index (χ3v) is 3.59. The van der Waals surface area contributed by atoms with E-state index in [0.29, 0.717) is 25.1 Å². The van der Waals surface area contributed by atoms with Crippen LogP contribution in [0.25, 0.3) is 0 Å². The maximum atomic E-state index is 12.0. The summed E-state index contributed by atoms with van der Waals surface area (Å²) in [7, 11) is 0. The average molecular weight is 370 g/mol. The summed E-state index contributed by atoms with van der Waals surface area (Å²) in [4.78, 5) is 23.6. The second kappa shape index (κ2) is 10.2. The van der Waals surface area contributed by atoms with Crippen molar-refractivity contribution in [3.63, 3.8) is 0 Å². The Morgan fingerprint density at radius 3 is 2.19 bits per heavy atom. The van der Waals surface area contributed by atoms with Crippen LogP contribution in [0.5, 0.6) is 5.75 Å². The van der Waals surface area contributed by atoms with Crippen molar-refractivity contribution in [2.45, 2.75) is 33.3 Å². The van der Waals surface area contributed by atoms with Gasteiger partial charge in [0, 0.05) is 24.3 Å². The van der Waals surface area contributed by atoms with Crippen LogP contribution >= 0.6 is 0 Å². The molecule has 0 spiro atoms. The number of benzene rings is 2. The number of hydrogen-bond donors (Lipinski definition) is 2.